The van der Waals surface area contributed by atoms with E-state index in [1.807, 2.05) is 60.7 Å². The topological polar surface area (TPSA) is 94.1 Å². The quantitative estimate of drug-likeness (QED) is 0.414. The Bertz CT molecular complexity index is 1110. The number of ether oxygens (including phenoxy) is 3. The molecule has 0 aromatic heterocycles. The highest BCUT2D eigenvalue weighted by molar-refractivity contribution is 5.81. The summed E-state index contributed by atoms with van der Waals surface area (Å²) in [6.45, 7) is 5.60. The molecule has 0 radical (unpaired) electrons. The van der Waals surface area contributed by atoms with Crippen molar-refractivity contribution < 1.29 is 28.9 Å². The molecule has 0 saturated carbocycles. The van der Waals surface area contributed by atoms with Crippen LogP contribution < -0.4 is 10.1 Å². The second kappa shape index (κ2) is 11.9. The average molecular weight is 478 g/mol. The van der Waals surface area contributed by atoms with Crippen LogP contribution in [0.1, 0.15) is 37.5 Å². The Hall–Kier alpha value is -4.00. The first-order valence-corrected chi connectivity index (χ1v) is 11.4. The van der Waals surface area contributed by atoms with E-state index in [1.165, 1.54) is 12.1 Å². The number of nitrogens with one attached hydrogen (secondary N) is 1. The number of amides is 1. The molecule has 1 atom stereocenters. The van der Waals surface area contributed by atoms with Gasteiger partial charge in [-0.25, -0.2) is 9.59 Å². The number of benzene rings is 3. The minimum absolute atomic E-state index is 0.0146. The van der Waals surface area contributed by atoms with Crippen molar-refractivity contribution in [3.05, 3.63) is 95.6 Å². The van der Waals surface area contributed by atoms with Crippen LogP contribution in [0, 0.1) is 0 Å². The van der Waals surface area contributed by atoms with Crippen LogP contribution in [0.3, 0.4) is 0 Å². The maximum Gasteiger partial charge on any atom is 0.408 e. The normalized spacial score (nSPS) is 11.9. The van der Waals surface area contributed by atoms with E-state index in [-0.39, 0.29) is 18.8 Å². The van der Waals surface area contributed by atoms with Crippen molar-refractivity contribution in [1.29, 1.82) is 0 Å². The van der Waals surface area contributed by atoms with Gasteiger partial charge >= 0.3 is 12.1 Å². The van der Waals surface area contributed by atoms with Gasteiger partial charge in [0.25, 0.3) is 0 Å². The van der Waals surface area contributed by atoms with Gasteiger partial charge in [0.05, 0.1) is 0 Å². The van der Waals surface area contributed by atoms with Crippen LogP contribution in [0.25, 0.3) is 0 Å². The lowest BCUT2D eigenvalue weighted by Gasteiger charge is -2.23. The zero-order valence-corrected chi connectivity index (χ0v) is 20.2. The predicted molar refractivity (Wildman–Crippen MR) is 132 cm³/mol. The molecule has 0 aliphatic heterocycles. The summed E-state index contributed by atoms with van der Waals surface area (Å²) >= 11 is 0. The summed E-state index contributed by atoms with van der Waals surface area (Å²) in [6.07, 6.45) is -0.664. The van der Waals surface area contributed by atoms with Crippen molar-refractivity contribution in [2.75, 3.05) is 0 Å². The van der Waals surface area contributed by atoms with E-state index in [1.54, 1.807) is 26.8 Å². The lowest BCUT2D eigenvalue weighted by molar-refractivity contribution is -0.147. The lowest BCUT2D eigenvalue weighted by Crippen LogP contribution is -2.45. The molecule has 1 amide bonds. The third kappa shape index (κ3) is 9.04. The monoisotopic (exact) mass is 477 g/mol. The smallest absolute Gasteiger partial charge is 0.408 e. The van der Waals surface area contributed by atoms with E-state index in [0.29, 0.717) is 17.9 Å². The van der Waals surface area contributed by atoms with Crippen LogP contribution in [0.5, 0.6) is 11.5 Å². The fourth-order valence-corrected chi connectivity index (χ4v) is 3.29. The third-order valence-corrected chi connectivity index (χ3v) is 4.84. The first-order valence-electron chi connectivity index (χ1n) is 11.4. The standard InChI is InChI=1S/C28H31NO6/c1-28(2,3)35-27(32)29-25(26(31)34-19-21-12-8-5-9-13-21)16-22-14-23(30)17-24(15-22)33-18-20-10-6-4-7-11-20/h4-15,17,25,30H,16,18-19H2,1-3H3,(H,29,32)/t25-/m0/s1. The number of alkyl carbamates (subject to hydrolysis) is 1. The van der Waals surface area contributed by atoms with Gasteiger partial charge in [-0.2, -0.15) is 0 Å². The van der Waals surface area contributed by atoms with E-state index < -0.39 is 23.7 Å². The summed E-state index contributed by atoms with van der Waals surface area (Å²) in [6, 6.07) is 22.6. The highest BCUT2D eigenvalue weighted by atomic mass is 16.6. The summed E-state index contributed by atoms with van der Waals surface area (Å²) in [7, 11) is 0. The molecule has 0 fully saturated rings. The Balaban J connectivity index is 1.72. The van der Waals surface area contributed by atoms with E-state index in [2.05, 4.69) is 5.32 Å². The van der Waals surface area contributed by atoms with Crippen LogP contribution >= 0.6 is 0 Å². The molecule has 2 N–H and O–H groups in total. The van der Waals surface area contributed by atoms with Gasteiger partial charge in [0.15, 0.2) is 0 Å². The SMILES string of the molecule is CC(C)(C)OC(=O)N[C@@H](Cc1cc(O)cc(OCc2ccccc2)c1)C(=O)OCc1ccccc1. The van der Waals surface area contributed by atoms with E-state index >= 15 is 0 Å². The maximum absolute atomic E-state index is 12.9. The molecule has 7 heteroatoms. The van der Waals surface area contributed by atoms with E-state index in [0.717, 1.165) is 11.1 Å². The molecule has 7 nitrogen and oxygen atoms in total. The summed E-state index contributed by atoms with van der Waals surface area (Å²) in [5.41, 5.74) is 1.66. The molecule has 3 aromatic rings. The molecule has 184 valence electrons. The highest BCUT2D eigenvalue weighted by Crippen LogP contribution is 2.24. The Labute approximate surface area is 205 Å². The van der Waals surface area contributed by atoms with Gasteiger partial charge in [-0.15, -0.1) is 0 Å². The van der Waals surface area contributed by atoms with Crippen LogP contribution in [0.15, 0.2) is 78.9 Å². The van der Waals surface area contributed by atoms with Gasteiger partial charge in [0, 0.05) is 12.5 Å². The molecule has 0 aliphatic carbocycles. The fourth-order valence-electron chi connectivity index (χ4n) is 3.29. The van der Waals surface area contributed by atoms with Crippen molar-refractivity contribution >= 4 is 12.1 Å². The Morgan fingerprint density at radius 3 is 2.06 bits per heavy atom. The molecular weight excluding hydrogens is 446 g/mol. The van der Waals surface area contributed by atoms with E-state index in [9.17, 15) is 14.7 Å². The number of hydrogen-bond acceptors (Lipinski definition) is 6. The van der Waals surface area contributed by atoms with Crippen LogP contribution in [-0.2, 0) is 33.9 Å². The molecular formula is C28H31NO6. The number of carbonyl (C=O) groups excluding carboxylic acids is 2. The molecule has 0 spiro atoms. The lowest BCUT2D eigenvalue weighted by atomic mass is 10.1. The van der Waals surface area contributed by atoms with Gasteiger partial charge < -0.3 is 24.6 Å². The Morgan fingerprint density at radius 2 is 1.46 bits per heavy atom. The third-order valence-electron chi connectivity index (χ3n) is 4.84. The molecule has 3 rings (SSSR count). The minimum atomic E-state index is -1.03. The molecule has 3 aromatic carbocycles. The van der Waals surface area contributed by atoms with Gasteiger partial charge in [0.2, 0.25) is 0 Å². The summed E-state index contributed by atoms with van der Waals surface area (Å²) < 4.78 is 16.6. The average Bonchev–Trinajstić information content (AvgIpc) is 2.80. The number of esters is 1. The number of hydrogen-bond donors (Lipinski definition) is 2. The van der Waals surface area contributed by atoms with Crippen LogP contribution in [-0.4, -0.2) is 28.8 Å². The van der Waals surface area contributed by atoms with Crippen molar-refractivity contribution in [3.63, 3.8) is 0 Å². The zero-order valence-electron chi connectivity index (χ0n) is 20.2. The molecule has 35 heavy (non-hydrogen) atoms. The number of carbonyl (C=O) groups is 2. The molecule has 0 unspecified atom stereocenters. The van der Waals surface area contributed by atoms with Gasteiger partial charge in [0.1, 0.15) is 36.4 Å². The summed E-state index contributed by atoms with van der Waals surface area (Å²) in [5.74, 6) is -0.188. The predicted octanol–water partition coefficient (Wildman–Crippen LogP) is 5.15. The zero-order chi connectivity index (χ0) is 25.3. The van der Waals surface area contributed by atoms with Gasteiger partial charge in [-0.3, -0.25) is 0 Å². The number of rotatable bonds is 9. The number of aromatic hydroxyl groups is 1. The first kappa shape index (κ1) is 25.6. The van der Waals surface area contributed by atoms with Gasteiger partial charge in [-0.05, 0) is 49.6 Å². The van der Waals surface area contributed by atoms with Crippen molar-refractivity contribution in [1.82, 2.24) is 5.32 Å². The molecule has 0 aliphatic rings. The van der Waals surface area contributed by atoms with Crippen molar-refractivity contribution in [3.8, 4) is 11.5 Å². The Morgan fingerprint density at radius 1 is 0.857 bits per heavy atom. The number of phenols is 1. The molecule has 0 bridgehead atoms. The maximum atomic E-state index is 12.9. The van der Waals surface area contributed by atoms with E-state index in [4.69, 9.17) is 14.2 Å². The van der Waals surface area contributed by atoms with Gasteiger partial charge in [-0.1, -0.05) is 60.7 Å². The second-order valence-electron chi connectivity index (χ2n) is 9.11. The first-order chi connectivity index (χ1) is 16.7. The second-order valence-corrected chi connectivity index (χ2v) is 9.11. The summed E-state index contributed by atoms with van der Waals surface area (Å²) in [4.78, 5) is 25.3. The summed E-state index contributed by atoms with van der Waals surface area (Å²) in [5, 5.41) is 12.8. The van der Waals surface area contributed by atoms with Crippen molar-refractivity contribution in [2.45, 2.75) is 52.0 Å². The van der Waals surface area contributed by atoms with Crippen LogP contribution in [0.2, 0.25) is 0 Å². The highest BCUT2D eigenvalue weighted by Gasteiger charge is 2.26. The fraction of sp³-hybridized carbons (Fsp3) is 0.286. The Kier molecular flexibility index (Phi) is 8.73. The molecule has 0 saturated heterocycles. The molecule has 0 heterocycles. The number of phenolic OH excluding ortho intramolecular Hbond substituents is 1. The largest absolute Gasteiger partial charge is 0.508 e. The minimum Gasteiger partial charge on any atom is -0.508 e. The van der Waals surface area contributed by atoms with Crippen molar-refractivity contribution in [2.24, 2.45) is 0 Å². The van der Waals surface area contributed by atoms with Crippen LogP contribution in [0.4, 0.5) is 4.79 Å².